The van der Waals surface area contributed by atoms with Crippen LogP contribution >= 0.6 is 15.9 Å². The number of anilines is 1. The molecule has 1 amide bonds. The van der Waals surface area contributed by atoms with Crippen LogP contribution in [0.2, 0.25) is 0 Å². The van der Waals surface area contributed by atoms with Gasteiger partial charge in [0.15, 0.2) is 5.82 Å². The molecule has 0 aliphatic carbocycles. The van der Waals surface area contributed by atoms with E-state index in [2.05, 4.69) is 31.2 Å². The molecule has 1 aromatic carbocycles. The molecule has 0 saturated heterocycles. The van der Waals surface area contributed by atoms with Crippen molar-refractivity contribution in [3.8, 4) is 0 Å². The summed E-state index contributed by atoms with van der Waals surface area (Å²) in [5.41, 5.74) is -0.0216. The number of hydrogen-bond acceptors (Lipinski definition) is 5. The Balaban J connectivity index is 2.30. The lowest BCUT2D eigenvalue weighted by atomic mass is 10.2. The molecule has 1 N–H and O–H groups in total. The van der Waals surface area contributed by atoms with E-state index in [0.29, 0.717) is 0 Å². The van der Waals surface area contributed by atoms with Crippen molar-refractivity contribution in [2.24, 2.45) is 0 Å². The first-order valence-electron chi connectivity index (χ1n) is 5.10. The monoisotopic (exact) mass is 322 g/mol. The number of hydrogen-bond donors (Lipinski definition) is 1. The van der Waals surface area contributed by atoms with Crippen LogP contribution in [0.15, 0.2) is 41.3 Å². The maximum atomic E-state index is 12.0. The number of nitrogens with zero attached hydrogens (tertiary/aromatic N) is 3. The van der Waals surface area contributed by atoms with Gasteiger partial charge in [-0.1, -0.05) is 6.07 Å². The van der Waals surface area contributed by atoms with E-state index in [9.17, 15) is 14.9 Å². The molecule has 7 nitrogen and oxygen atoms in total. The van der Waals surface area contributed by atoms with Crippen LogP contribution < -0.4 is 5.32 Å². The average Bonchev–Trinajstić information content (AvgIpc) is 2.39. The summed E-state index contributed by atoms with van der Waals surface area (Å²) in [4.78, 5) is 29.9. The highest BCUT2D eigenvalue weighted by atomic mass is 79.9. The van der Waals surface area contributed by atoms with Crippen LogP contribution in [0.4, 0.5) is 11.5 Å². The normalized spacial score (nSPS) is 9.95. The third-order valence-electron chi connectivity index (χ3n) is 2.22. The molecule has 0 atom stereocenters. The summed E-state index contributed by atoms with van der Waals surface area (Å²) < 4.78 is 0.126. The van der Waals surface area contributed by atoms with Gasteiger partial charge in [-0.05, 0) is 22.0 Å². The van der Waals surface area contributed by atoms with Crippen LogP contribution in [0, 0.1) is 10.1 Å². The van der Waals surface area contributed by atoms with Gasteiger partial charge >= 0.3 is 0 Å². The van der Waals surface area contributed by atoms with Crippen molar-refractivity contribution in [1.82, 2.24) is 9.97 Å². The van der Waals surface area contributed by atoms with Crippen molar-refractivity contribution < 1.29 is 9.72 Å². The Bertz CT molecular complexity index is 633. The molecule has 1 heterocycles. The van der Waals surface area contributed by atoms with E-state index in [-0.39, 0.29) is 21.5 Å². The number of aromatic nitrogens is 2. The molecular formula is C11H7BrN4O3. The van der Waals surface area contributed by atoms with E-state index in [1.165, 1.54) is 36.8 Å². The number of nitro groups is 1. The molecule has 0 unspecified atom stereocenters. The van der Waals surface area contributed by atoms with Crippen molar-refractivity contribution >= 4 is 33.3 Å². The van der Waals surface area contributed by atoms with Crippen molar-refractivity contribution in [1.29, 1.82) is 0 Å². The molecular weight excluding hydrogens is 316 g/mol. The third-order valence-corrected chi connectivity index (χ3v) is 3.06. The van der Waals surface area contributed by atoms with Crippen LogP contribution in [-0.2, 0) is 0 Å². The fourth-order valence-electron chi connectivity index (χ4n) is 1.38. The second-order valence-electron chi connectivity index (χ2n) is 3.44. The molecule has 2 rings (SSSR count). The molecule has 96 valence electrons. The maximum absolute atomic E-state index is 12.0. The van der Waals surface area contributed by atoms with Gasteiger partial charge in [-0.15, -0.1) is 0 Å². The molecule has 0 radical (unpaired) electrons. The summed E-state index contributed by atoms with van der Waals surface area (Å²) in [6.07, 6.45) is 4.28. The van der Waals surface area contributed by atoms with E-state index in [0.717, 1.165) is 0 Å². The molecule has 2 aromatic rings. The number of carbonyl (C=O) groups excluding carboxylic acids is 1. The number of rotatable bonds is 3. The summed E-state index contributed by atoms with van der Waals surface area (Å²) in [6.45, 7) is 0. The molecule has 0 aliphatic rings. The maximum Gasteiger partial charge on any atom is 0.284 e. The molecule has 19 heavy (non-hydrogen) atoms. The molecule has 1 aromatic heterocycles. The Morgan fingerprint density at radius 1 is 1.37 bits per heavy atom. The topological polar surface area (TPSA) is 98.0 Å². The van der Waals surface area contributed by atoms with Crippen LogP contribution in [-0.4, -0.2) is 20.8 Å². The lowest BCUT2D eigenvalue weighted by Gasteiger charge is -2.05. The lowest BCUT2D eigenvalue weighted by Crippen LogP contribution is -2.14. The first-order chi connectivity index (χ1) is 9.09. The van der Waals surface area contributed by atoms with Gasteiger partial charge in [0, 0.05) is 18.5 Å². The number of carbonyl (C=O) groups is 1. The standard InChI is InChI=1S/C11H7BrN4O3/c12-10-7(2-1-3-8(10)16(18)19)11(17)15-9-6-13-4-5-14-9/h1-6H,(H,14,15,17). The van der Waals surface area contributed by atoms with Gasteiger partial charge in [-0.25, -0.2) is 4.98 Å². The summed E-state index contributed by atoms with van der Waals surface area (Å²) >= 11 is 3.06. The minimum absolute atomic E-state index is 0.126. The molecule has 0 fully saturated rings. The largest absolute Gasteiger partial charge is 0.305 e. The van der Waals surface area contributed by atoms with Gasteiger partial charge in [0.2, 0.25) is 0 Å². The molecule has 8 heteroatoms. The van der Waals surface area contributed by atoms with Crippen LogP contribution in [0.1, 0.15) is 10.4 Å². The van der Waals surface area contributed by atoms with E-state index >= 15 is 0 Å². The highest BCUT2D eigenvalue weighted by Crippen LogP contribution is 2.28. The highest BCUT2D eigenvalue weighted by molar-refractivity contribution is 9.10. The summed E-state index contributed by atoms with van der Waals surface area (Å²) in [7, 11) is 0. The fourth-order valence-corrected chi connectivity index (χ4v) is 1.97. The quantitative estimate of drug-likeness (QED) is 0.691. The van der Waals surface area contributed by atoms with Gasteiger partial charge in [0.05, 0.1) is 16.7 Å². The predicted octanol–water partition coefficient (Wildman–Crippen LogP) is 2.40. The zero-order valence-electron chi connectivity index (χ0n) is 9.41. The smallest absolute Gasteiger partial charge is 0.284 e. The summed E-state index contributed by atoms with van der Waals surface area (Å²) in [5.74, 6) is -0.234. The Labute approximate surface area is 116 Å². The van der Waals surface area contributed by atoms with E-state index in [1.54, 1.807) is 0 Å². The Kier molecular flexibility index (Phi) is 3.81. The average molecular weight is 323 g/mol. The fraction of sp³-hybridized carbons (Fsp3) is 0. The SMILES string of the molecule is O=C(Nc1cnccn1)c1cccc([N+](=O)[O-])c1Br. The zero-order chi connectivity index (χ0) is 13.8. The van der Waals surface area contributed by atoms with Crippen LogP contribution in [0.25, 0.3) is 0 Å². The minimum atomic E-state index is -0.566. The molecule has 0 aliphatic heterocycles. The van der Waals surface area contributed by atoms with Gasteiger partial charge < -0.3 is 5.32 Å². The first kappa shape index (κ1) is 13.1. The van der Waals surface area contributed by atoms with Crippen LogP contribution in [0.5, 0.6) is 0 Å². The van der Waals surface area contributed by atoms with Gasteiger partial charge in [-0.3, -0.25) is 19.9 Å². The third kappa shape index (κ3) is 2.91. The lowest BCUT2D eigenvalue weighted by molar-refractivity contribution is -0.385. The number of benzene rings is 1. The Morgan fingerprint density at radius 2 is 2.16 bits per heavy atom. The summed E-state index contributed by atoms with van der Waals surface area (Å²) in [5, 5.41) is 13.3. The van der Waals surface area contributed by atoms with Crippen molar-refractivity contribution in [3.05, 3.63) is 56.9 Å². The van der Waals surface area contributed by atoms with Crippen LogP contribution in [0.3, 0.4) is 0 Å². The highest BCUT2D eigenvalue weighted by Gasteiger charge is 2.19. The zero-order valence-corrected chi connectivity index (χ0v) is 11.0. The van der Waals surface area contributed by atoms with E-state index in [1.807, 2.05) is 0 Å². The molecule has 0 saturated carbocycles. The predicted molar refractivity (Wildman–Crippen MR) is 70.8 cm³/mol. The number of halogens is 1. The van der Waals surface area contributed by atoms with Crippen molar-refractivity contribution in [2.45, 2.75) is 0 Å². The van der Waals surface area contributed by atoms with Gasteiger partial charge in [-0.2, -0.15) is 0 Å². The number of nitrogens with one attached hydrogen (secondary N) is 1. The Morgan fingerprint density at radius 3 is 2.79 bits per heavy atom. The second-order valence-corrected chi connectivity index (χ2v) is 4.23. The van der Waals surface area contributed by atoms with Crippen molar-refractivity contribution in [3.63, 3.8) is 0 Å². The second kappa shape index (κ2) is 5.53. The number of amides is 1. The minimum Gasteiger partial charge on any atom is -0.305 e. The molecule has 0 spiro atoms. The van der Waals surface area contributed by atoms with Gasteiger partial charge in [0.25, 0.3) is 11.6 Å². The van der Waals surface area contributed by atoms with E-state index < -0.39 is 10.8 Å². The van der Waals surface area contributed by atoms with Crippen molar-refractivity contribution in [2.75, 3.05) is 5.32 Å². The molecule has 0 bridgehead atoms. The Hall–Kier alpha value is -2.35. The van der Waals surface area contributed by atoms with E-state index in [4.69, 9.17) is 0 Å². The summed E-state index contributed by atoms with van der Waals surface area (Å²) in [6, 6.07) is 4.22. The van der Waals surface area contributed by atoms with Gasteiger partial charge in [0.1, 0.15) is 4.47 Å². The number of nitro benzene ring substituents is 1. The first-order valence-corrected chi connectivity index (χ1v) is 5.89.